The van der Waals surface area contributed by atoms with Crippen LogP contribution < -0.4 is 0 Å². The number of nitrogens with zero attached hydrogens (tertiary/aromatic N) is 3. The van der Waals surface area contributed by atoms with Crippen molar-refractivity contribution < 1.29 is 10.2 Å². The van der Waals surface area contributed by atoms with Crippen molar-refractivity contribution in [1.82, 2.24) is 15.0 Å². The zero-order valence-corrected chi connectivity index (χ0v) is 9.35. The third-order valence-electron chi connectivity index (χ3n) is 2.54. The van der Waals surface area contributed by atoms with Gasteiger partial charge in [-0.1, -0.05) is 5.21 Å². The van der Waals surface area contributed by atoms with Gasteiger partial charge in [-0.15, -0.1) is 5.10 Å². The minimum Gasteiger partial charge on any atom is -0.390 e. The number of aryl methyl sites for hydroxylation is 1. The summed E-state index contributed by atoms with van der Waals surface area (Å²) < 4.78 is 1.97. The van der Waals surface area contributed by atoms with Crippen LogP contribution in [0.15, 0.2) is 4.60 Å². The van der Waals surface area contributed by atoms with Gasteiger partial charge in [0.25, 0.3) is 0 Å². The Bertz CT molecular complexity index is 318. The summed E-state index contributed by atoms with van der Waals surface area (Å²) in [6.07, 6.45) is 0.364. The number of halogens is 1. The lowest BCUT2D eigenvalue weighted by Gasteiger charge is -2.17. The van der Waals surface area contributed by atoms with Crippen LogP contribution in [0, 0.1) is 5.92 Å². The molecular weight excluding hydrogens is 250 g/mol. The third kappa shape index (κ3) is 1.69. The summed E-state index contributed by atoms with van der Waals surface area (Å²) in [5.74, 6) is 0.229. The molecule has 14 heavy (non-hydrogen) atoms. The van der Waals surface area contributed by atoms with Gasteiger partial charge in [-0.3, -0.25) is 0 Å². The molecule has 0 bridgehead atoms. The fourth-order valence-electron chi connectivity index (χ4n) is 1.51. The van der Waals surface area contributed by atoms with Crippen molar-refractivity contribution in [1.29, 1.82) is 0 Å². The summed E-state index contributed by atoms with van der Waals surface area (Å²) >= 11 is 3.19. The van der Waals surface area contributed by atoms with Crippen molar-refractivity contribution >= 4 is 15.9 Å². The molecule has 2 rings (SSSR count). The SMILES string of the molecule is Cn1nnc(Br)c1C(O)C(O)C1CC1. The van der Waals surface area contributed by atoms with Crippen LogP contribution in [-0.4, -0.2) is 31.3 Å². The second kappa shape index (κ2) is 3.60. The highest BCUT2D eigenvalue weighted by Gasteiger charge is 2.37. The molecule has 0 amide bonds. The van der Waals surface area contributed by atoms with Gasteiger partial charge < -0.3 is 10.2 Å². The van der Waals surface area contributed by atoms with Crippen molar-refractivity contribution in [2.75, 3.05) is 0 Å². The summed E-state index contributed by atoms with van der Waals surface area (Å²) in [6.45, 7) is 0. The zero-order valence-electron chi connectivity index (χ0n) is 7.76. The molecule has 78 valence electrons. The van der Waals surface area contributed by atoms with Gasteiger partial charge in [0.15, 0.2) is 4.60 Å². The molecule has 1 fully saturated rings. The van der Waals surface area contributed by atoms with E-state index in [0.717, 1.165) is 12.8 Å². The summed E-state index contributed by atoms with van der Waals surface area (Å²) in [4.78, 5) is 0. The highest BCUT2D eigenvalue weighted by Crippen LogP contribution is 2.38. The predicted octanol–water partition coefficient (Wildman–Crippen LogP) is 0.382. The zero-order chi connectivity index (χ0) is 10.3. The maximum atomic E-state index is 9.87. The molecule has 0 radical (unpaired) electrons. The maximum Gasteiger partial charge on any atom is 0.154 e. The highest BCUT2D eigenvalue weighted by atomic mass is 79.9. The Morgan fingerprint density at radius 3 is 2.57 bits per heavy atom. The van der Waals surface area contributed by atoms with E-state index in [1.54, 1.807) is 7.05 Å². The van der Waals surface area contributed by atoms with E-state index in [1.807, 2.05) is 0 Å². The van der Waals surface area contributed by atoms with E-state index < -0.39 is 12.2 Å². The fourth-order valence-corrected chi connectivity index (χ4v) is 2.07. The van der Waals surface area contributed by atoms with E-state index in [-0.39, 0.29) is 5.92 Å². The normalized spacial score (nSPS) is 20.9. The third-order valence-corrected chi connectivity index (χ3v) is 3.10. The molecule has 1 aromatic heterocycles. The lowest BCUT2D eigenvalue weighted by Crippen LogP contribution is -2.22. The van der Waals surface area contributed by atoms with Gasteiger partial charge in [-0.05, 0) is 34.7 Å². The van der Waals surface area contributed by atoms with Crippen molar-refractivity contribution in [2.45, 2.75) is 25.0 Å². The van der Waals surface area contributed by atoms with Gasteiger partial charge in [-0.25, -0.2) is 4.68 Å². The molecule has 1 heterocycles. The first-order valence-electron chi connectivity index (χ1n) is 4.52. The average molecular weight is 262 g/mol. The molecule has 5 nitrogen and oxygen atoms in total. The molecule has 0 aliphatic heterocycles. The fraction of sp³-hybridized carbons (Fsp3) is 0.750. The summed E-state index contributed by atoms with van der Waals surface area (Å²) in [5.41, 5.74) is 0.532. The van der Waals surface area contributed by atoms with E-state index >= 15 is 0 Å². The Hall–Kier alpha value is -0.460. The van der Waals surface area contributed by atoms with E-state index in [2.05, 4.69) is 26.2 Å². The highest BCUT2D eigenvalue weighted by molar-refractivity contribution is 9.10. The van der Waals surface area contributed by atoms with Crippen LogP contribution in [-0.2, 0) is 7.05 Å². The van der Waals surface area contributed by atoms with Gasteiger partial charge >= 0.3 is 0 Å². The van der Waals surface area contributed by atoms with Crippen LogP contribution in [0.3, 0.4) is 0 Å². The molecule has 2 atom stereocenters. The van der Waals surface area contributed by atoms with Gasteiger partial charge in [-0.2, -0.15) is 0 Å². The van der Waals surface area contributed by atoms with Gasteiger partial charge in [0.05, 0.1) is 6.10 Å². The maximum absolute atomic E-state index is 9.87. The minimum atomic E-state index is -0.906. The number of hydrogen-bond donors (Lipinski definition) is 2. The Labute approximate surface area is 89.9 Å². The van der Waals surface area contributed by atoms with Gasteiger partial charge in [0, 0.05) is 7.05 Å². The van der Waals surface area contributed by atoms with E-state index in [9.17, 15) is 10.2 Å². The largest absolute Gasteiger partial charge is 0.390 e. The molecule has 0 aromatic carbocycles. The van der Waals surface area contributed by atoms with Crippen LogP contribution in [0.4, 0.5) is 0 Å². The monoisotopic (exact) mass is 261 g/mol. The summed E-state index contributed by atoms with van der Waals surface area (Å²) in [6, 6.07) is 0. The second-order valence-electron chi connectivity index (χ2n) is 3.66. The van der Waals surface area contributed by atoms with Gasteiger partial charge in [0.2, 0.25) is 0 Å². The summed E-state index contributed by atoms with van der Waals surface area (Å²) in [5, 5.41) is 27.1. The first kappa shape index (κ1) is 10.1. The molecule has 1 aromatic rings. The average Bonchev–Trinajstić information content (AvgIpc) is 2.92. The number of rotatable bonds is 3. The van der Waals surface area contributed by atoms with E-state index in [4.69, 9.17) is 0 Å². The van der Waals surface area contributed by atoms with Crippen molar-refractivity contribution in [3.8, 4) is 0 Å². The number of aliphatic hydroxyl groups excluding tert-OH is 2. The number of hydrogen-bond acceptors (Lipinski definition) is 4. The molecule has 1 saturated carbocycles. The molecule has 1 aliphatic carbocycles. The first-order chi connectivity index (χ1) is 6.61. The van der Waals surface area contributed by atoms with Crippen molar-refractivity contribution in [3.05, 3.63) is 10.3 Å². The molecule has 0 spiro atoms. The van der Waals surface area contributed by atoms with E-state index in [1.165, 1.54) is 4.68 Å². The lowest BCUT2D eigenvalue weighted by molar-refractivity contribution is -0.0000735. The Kier molecular flexibility index (Phi) is 2.59. The molecule has 1 aliphatic rings. The Morgan fingerprint density at radius 1 is 1.50 bits per heavy atom. The molecule has 0 saturated heterocycles. The van der Waals surface area contributed by atoms with E-state index in [0.29, 0.717) is 10.3 Å². The van der Waals surface area contributed by atoms with Crippen LogP contribution >= 0.6 is 15.9 Å². The van der Waals surface area contributed by atoms with Crippen molar-refractivity contribution in [2.24, 2.45) is 13.0 Å². The predicted molar refractivity (Wildman–Crippen MR) is 52.4 cm³/mol. The first-order valence-corrected chi connectivity index (χ1v) is 5.31. The number of aromatic nitrogens is 3. The Morgan fingerprint density at radius 2 is 2.14 bits per heavy atom. The van der Waals surface area contributed by atoms with Crippen molar-refractivity contribution in [3.63, 3.8) is 0 Å². The number of aliphatic hydroxyl groups is 2. The standard InChI is InChI=1S/C8H12BrN3O2/c1-12-5(8(9)10-11-12)7(14)6(13)4-2-3-4/h4,6-7,13-14H,2-3H2,1H3. The molecule has 2 N–H and O–H groups in total. The topological polar surface area (TPSA) is 71.2 Å². The Balaban J connectivity index is 2.20. The minimum absolute atomic E-state index is 0.229. The quantitative estimate of drug-likeness (QED) is 0.826. The van der Waals surface area contributed by atoms with Crippen LogP contribution in [0.5, 0.6) is 0 Å². The van der Waals surface area contributed by atoms with Crippen LogP contribution in [0.1, 0.15) is 24.6 Å². The molecule has 2 unspecified atom stereocenters. The van der Waals surface area contributed by atoms with Crippen LogP contribution in [0.25, 0.3) is 0 Å². The smallest absolute Gasteiger partial charge is 0.154 e. The lowest BCUT2D eigenvalue weighted by atomic mass is 10.1. The molecule has 6 heteroatoms. The second-order valence-corrected chi connectivity index (χ2v) is 4.41. The van der Waals surface area contributed by atoms with Gasteiger partial charge in [0.1, 0.15) is 11.8 Å². The summed E-state index contributed by atoms with van der Waals surface area (Å²) in [7, 11) is 1.69. The molecular formula is C8H12BrN3O2. The van der Waals surface area contributed by atoms with Crippen LogP contribution in [0.2, 0.25) is 0 Å².